The SMILES string of the molecule is Cc1c(/C=C2\SC(Nc3ccccc3)N([C@@H]3CCCC[C@@H]3C)C2=O)c2ccccc2n1Cc1ccc([N+](=O)[O-])cc1. The lowest BCUT2D eigenvalue weighted by Gasteiger charge is -2.39. The maximum atomic E-state index is 14.1. The van der Waals surface area contributed by atoms with Crippen molar-refractivity contribution in [3.63, 3.8) is 0 Å². The first kappa shape index (κ1) is 27.1. The molecule has 1 saturated heterocycles. The van der Waals surface area contributed by atoms with Crippen LogP contribution in [0.25, 0.3) is 17.0 Å². The van der Waals surface area contributed by atoms with Gasteiger partial charge in [0.25, 0.3) is 11.6 Å². The summed E-state index contributed by atoms with van der Waals surface area (Å²) in [6, 6.07) is 25.3. The Morgan fingerprint density at radius 1 is 1.00 bits per heavy atom. The van der Waals surface area contributed by atoms with Crippen molar-refractivity contribution < 1.29 is 9.72 Å². The van der Waals surface area contributed by atoms with E-state index < -0.39 is 0 Å². The van der Waals surface area contributed by atoms with Gasteiger partial charge in [-0.2, -0.15) is 0 Å². The number of nitro benzene ring substituents is 1. The number of nitro groups is 1. The van der Waals surface area contributed by atoms with Gasteiger partial charge in [-0.05, 0) is 55.5 Å². The number of carbonyl (C=O) groups is 1. The van der Waals surface area contributed by atoms with E-state index in [9.17, 15) is 14.9 Å². The molecule has 2 heterocycles. The van der Waals surface area contributed by atoms with Crippen molar-refractivity contribution in [2.24, 2.45) is 5.92 Å². The van der Waals surface area contributed by atoms with Crippen LogP contribution in [0.15, 0.2) is 83.8 Å². The molecular formula is C33H34N4O3S. The van der Waals surface area contributed by atoms with Crippen LogP contribution in [0, 0.1) is 23.0 Å². The van der Waals surface area contributed by atoms with Crippen LogP contribution in [0.4, 0.5) is 11.4 Å². The number of carbonyl (C=O) groups excluding carboxylic acids is 1. The topological polar surface area (TPSA) is 80.4 Å². The van der Waals surface area contributed by atoms with Gasteiger partial charge in [0.15, 0.2) is 5.50 Å². The van der Waals surface area contributed by atoms with Crippen LogP contribution in [0.2, 0.25) is 0 Å². The first-order chi connectivity index (χ1) is 19.9. The molecule has 210 valence electrons. The number of anilines is 1. The number of nitrogens with zero attached hydrogens (tertiary/aromatic N) is 3. The molecule has 1 aliphatic carbocycles. The van der Waals surface area contributed by atoms with Gasteiger partial charge in [0.2, 0.25) is 0 Å². The summed E-state index contributed by atoms with van der Waals surface area (Å²) < 4.78 is 2.23. The molecule has 2 aliphatic rings. The number of hydrogen-bond acceptors (Lipinski definition) is 5. The molecule has 6 rings (SSSR count). The molecule has 8 heteroatoms. The first-order valence-corrected chi connectivity index (χ1v) is 15.1. The van der Waals surface area contributed by atoms with Crippen LogP contribution in [-0.2, 0) is 11.3 Å². The molecule has 1 saturated carbocycles. The van der Waals surface area contributed by atoms with Gasteiger partial charge in [-0.3, -0.25) is 14.9 Å². The molecular weight excluding hydrogens is 532 g/mol. The average molecular weight is 567 g/mol. The molecule has 1 amide bonds. The Balaban J connectivity index is 1.37. The fourth-order valence-corrected chi connectivity index (χ4v) is 7.44. The Morgan fingerprint density at radius 3 is 2.44 bits per heavy atom. The van der Waals surface area contributed by atoms with Crippen molar-refractivity contribution >= 4 is 46.0 Å². The summed E-state index contributed by atoms with van der Waals surface area (Å²) in [5.74, 6) is 0.548. The Kier molecular flexibility index (Phi) is 7.58. The Morgan fingerprint density at radius 2 is 1.71 bits per heavy atom. The number of thioether (sulfide) groups is 1. The lowest BCUT2D eigenvalue weighted by molar-refractivity contribution is -0.384. The predicted octanol–water partition coefficient (Wildman–Crippen LogP) is 7.80. The zero-order chi connectivity index (χ0) is 28.5. The standard InChI is InChI=1S/C33H34N4O3S/c1-22-10-6-8-14-29(22)36-32(38)31(41-33(36)34-25-11-4-3-5-12-25)20-28-23(2)35(30-15-9-7-13-27(28)30)21-24-16-18-26(19-17-24)37(39)40/h3-5,7,9,11-13,15-20,22,29,33-34H,6,8,10,14,21H2,1-2H3/b31-20-/t22-,29+,33?/m0/s1. The molecule has 41 heavy (non-hydrogen) atoms. The van der Waals surface area contributed by atoms with E-state index in [4.69, 9.17) is 0 Å². The van der Waals surface area contributed by atoms with Gasteiger partial charge in [0.05, 0.1) is 9.83 Å². The zero-order valence-electron chi connectivity index (χ0n) is 23.3. The Bertz CT molecular complexity index is 1610. The number of benzene rings is 3. The number of amides is 1. The largest absolute Gasteiger partial charge is 0.356 e. The molecule has 0 radical (unpaired) electrons. The highest BCUT2D eigenvalue weighted by Crippen LogP contribution is 2.43. The number of non-ortho nitro benzene ring substituents is 1. The summed E-state index contributed by atoms with van der Waals surface area (Å²) in [6.07, 6.45) is 6.62. The Hall–Kier alpha value is -4.04. The van der Waals surface area contributed by atoms with Gasteiger partial charge in [-0.15, -0.1) is 0 Å². The highest BCUT2D eigenvalue weighted by Gasteiger charge is 2.43. The van der Waals surface area contributed by atoms with Crippen molar-refractivity contribution in [1.29, 1.82) is 0 Å². The third-order valence-corrected chi connectivity index (χ3v) is 9.58. The normalized spacial score (nSPS) is 22.0. The molecule has 3 atom stereocenters. The molecule has 4 aromatic rings. The molecule has 7 nitrogen and oxygen atoms in total. The van der Waals surface area contributed by atoms with Crippen LogP contribution < -0.4 is 5.32 Å². The minimum Gasteiger partial charge on any atom is -0.356 e. The minimum atomic E-state index is -0.377. The molecule has 1 unspecified atom stereocenters. The number of rotatable bonds is 7. The molecule has 2 fully saturated rings. The second kappa shape index (κ2) is 11.4. The van der Waals surface area contributed by atoms with Crippen LogP contribution in [0.1, 0.15) is 49.4 Å². The molecule has 1 aromatic heterocycles. The summed E-state index contributed by atoms with van der Waals surface area (Å²) >= 11 is 1.60. The summed E-state index contributed by atoms with van der Waals surface area (Å²) in [7, 11) is 0. The van der Waals surface area contributed by atoms with E-state index in [1.165, 1.54) is 6.42 Å². The Labute approximate surface area is 244 Å². The summed E-state index contributed by atoms with van der Waals surface area (Å²) in [5, 5.41) is 15.8. The maximum absolute atomic E-state index is 14.1. The zero-order valence-corrected chi connectivity index (χ0v) is 24.1. The van der Waals surface area contributed by atoms with E-state index in [0.717, 1.165) is 57.6 Å². The van der Waals surface area contributed by atoms with Gasteiger partial charge in [0.1, 0.15) is 0 Å². The van der Waals surface area contributed by atoms with E-state index in [1.807, 2.05) is 54.6 Å². The van der Waals surface area contributed by atoms with E-state index in [1.54, 1.807) is 23.9 Å². The third kappa shape index (κ3) is 5.36. The van der Waals surface area contributed by atoms with Crippen LogP contribution in [-0.4, -0.2) is 31.8 Å². The number of aromatic nitrogens is 1. The monoisotopic (exact) mass is 566 g/mol. The lowest BCUT2D eigenvalue weighted by atomic mass is 9.85. The van der Waals surface area contributed by atoms with Gasteiger partial charge in [-0.1, -0.05) is 80.1 Å². The van der Waals surface area contributed by atoms with Gasteiger partial charge >= 0.3 is 0 Å². The third-order valence-electron chi connectivity index (χ3n) is 8.47. The average Bonchev–Trinajstić information content (AvgIpc) is 3.42. The number of fused-ring (bicyclic) bond motifs is 1. The van der Waals surface area contributed by atoms with Crippen molar-refractivity contribution in [2.45, 2.75) is 57.6 Å². The molecule has 3 aromatic carbocycles. The molecule has 0 bridgehead atoms. The van der Waals surface area contributed by atoms with E-state index in [-0.39, 0.29) is 28.1 Å². The van der Waals surface area contributed by atoms with E-state index >= 15 is 0 Å². The van der Waals surface area contributed by atoms with Gasteiger partial charge in [0, 0.05) is 52.6 Å². The lowest BCUT2D eigenvalue weighted by Crippen LogP contribution is -2.48. The quantitative estimate of drug-likeness (QED) is 0.140. The van der Waals surface area contributed by atoms with E-state index in [2.05, 4.69) is 46.8 Å². The fourth-order valence-electron chi connectivity index (χ4n) is 6.25. The van der Waals surface area contributed by atoms with Gasteiger partial charge < -0.3 is 14.8 Å². The highest BCUT2D eigenvalue weighted by molar-refractivity contribution is 8.05. The molecule has 1 N–H and O–H groups in total. The van der Waals surface area contributed by atoms with Crippen molar-refractivity contribution in [1.82, 2.24) is 9.47 Å². The smallest absolute Gasteiger partial charge is 0.269 e. The summed E-state index contributed by atoms with van der Waals surface area (Å²) in [5.41, 5.74) is 5.06. The van der Waals surface area contributed by atoms with Crippen LogP contribution in [0.5, 0.6) is 0 Å². The van der Waals surface area contributed by atoms with E-state index in [0.29, 0.717) is 12.5 Å². The first-order valence-electron chi connectivity index (χ1n) is 14.2. The van der Waals surface area contributed by atoms with Crippen LogP contribution in [0.3, 0.4) is 0 Å². The predicted molar refractivity (Wildman–Crippen MR) is 167 cm³/mol. The fraction of sp³-hybridized carbons (Fsp3) is 0.303. The second-order valence-corrected chi connectivity index (χ2v) is 12.2. The van der Waals surface area contributed by atoms with Crippen molar-refractivity contribution in [2.75, 3.05) is 5.32 Å². The van der Waals surface area contributed by atoms with Crippen molar-refractivity contribution in [3.05, 3.63) is 111 Å². The molecule has 1 aliphatic heterocycles. The summed E-state index contributed by atoms with van der Waals surface area (Å²) in [6.45, 7) is 4.94. The minimum absolute atomic E-state index is 0.0838. The highest BCUT2D eigenvalue weighted by atomic mass is 32.2. The van der Waals surface area contributed by atoms with Crippen LogP contribution >= 0.6 is 11.8 Å². The molecule has 0 spiro atoms. The number of nitrogens with one attached hydrogen (secondary N) is 1. The van der Waals surface area contributed by atoms with Crippen molar-refractivity contribution in [3.8, 4) is 0 Å². The maximum Gasteiger partial charge on any atom is 0.269 e. The number of para-hydroxylation sites is 2. The second-order valence-electron chi connectivity index (χ2n) is 11.1. The van der Waals surface area contributed by atoms with Gasteiger partial charge in [-0.25, -0.2) is 0 Å². The number of hydrogen-bond donors (Lipinski definition) is 1. The summed E-state index contributed by atoms with van der Waals surface area (Å²) in [4.78, 5) is 27.7.